The van der Waals surface area contributed by atoms with Crippen LogP contribution in [0.15, 0.2) is 10.9 Å². The molecule has 3 nitrogen and oxygen atoms in total. The summed E-state index contributed by atoms with van der Waals surface area (Å²) in [6.07, 6.45) is 7.32. The number of hydrogen-bond acceptors (Lipinski definition) is 2. The van der Waals surface area contributed by atoms with Crippen LogP contribution in [0.5, 0.6) is 0 Å². The molecule has 0 aliphatic heterocycles. The van der Waals surface area contributed by atoms with Gasteiger partial charge in [-0.1, -0.05) is 64.5 Å². The van der Waals surface area contributed by atoms with Crippen molar-refractivity contribution >= 4 is 11.6 Å². The topological polar surface area (TPSA) is 34.9 Å². The molecule has 1 aromatic rings. The van der Waals surface area contributed by atoms with E-state index < -0.39 is 0 Å². The van der Waals surface area contributed by atoms with E-state index in [0.29, 0.717) is 5.15 Å². The normalized spacial score (nSPS) is 11.2. The van der Waals surface area contributed by atoms with Gasteiger partial charge < -0.3 is 0 Å². The summed E-state index contributed by atoms with van der Waals surface area (Å²) in [6, 6.07) is 1.41. The second-order valence-corrected chi connectivity index (χ2v) is 5.74. The van der Waals surface area contributed by atoms with Crippen molar-refractivity contribution in [1.29, 1.82) is 0 Å². The molecular weight excluding hydrogens is 260 g/mol. The smallest absolute Gasteiger partial charge is 0.254 e. The Balaban J connectivity index is 2.60. The molecule has 0 unspecified atom stereocenters. The van der Waals surface area contributed by atoms with Crippen molar-refractivity contribution in [2.75, 3.05) is 0 Å². The summed E-state index contributed by atoms with van der Waals surface area (Å²) in [5.41, 5.74) is -0.0303. The van der Waals surface area contributed by atoms with Gasteiger partial charge in [0.05, 0.1) is 0 Å². The van der Waals surface area contributed by atoms with Crippen LogP contribution < -0.4 is 5.56 Å². The average molecular weight is 285 g/mol. The summed E-state index contributed by atoms with van der Waals surface area (Å²) in [4.78, 5) is 16.3. The number of rotatable bonds is 8. The van der Waals surface area contributed by atoms with E-state index in [4.69, 9.17) is 11.6 Å². The van der Waals surface area contributed by atoms with E-state index in [0.717, 1.165) is 18.8 Å². The van der Waals surface area contributed by atoms with E-state index in [1.807, 2.05) is 13.8 Å². The maximum Gasteiger partial charge on any atom is 0.254 e. The lowest BCUT2D eigenvalue weighted by molar-refractivity contribution is 0.518. The zero-order valence-electron chi connectivity index (χ0n) is 12.3. The van der Waals surface area contributed by atoms with Gasteiger partial charge in [-0.25, -0.2) is 4.98 Å². The van der Waals surface area contributed by atoms with Crippen LogP contribution in [0.4, 0.5) is 0 Å². The fourth-order valence-corrected chi connectivity index (χ4v) is 2.39. The maximum atomic E-state index is 12.0. The lowest BCUT2D eigenvalue weighted by Gasteiger charge is -2.14. The summed E-state index contributed by atoms with van der Waals surface area (Å²) >= 11 is 5.86. The minimum absolute atomic E-state index is 0.0303. The van der Waals surface area contributed by atoms with Gasteiger partial charge in [-0.2, -0.15) is 0 Å². The molecule has 0 fully saturated rings. The van der Waals surface area contributed by atoms with Crippen LogP contribution in [0.3, 0.4) is 0 Å². The Morgan fingerprint density at radius 3 is 2.47 bits per heavy atom. The van der Waals surface area contributed by atoms with Crippen molar-refractivity contribution in [3.8, 4) is 0 Å². The standard InChI is InChI=1S/C15H25ClN2O/c1-4-5-6-7-8-9-10-18-14(19)11-13(16)17-15(18)12(2)3/h11-12H,4-10H2,1-3H3. The molecule has 108 valence electrons. The van der Waals surface area contributed by atoms with Crippen molar-refractivity contribution < 1.29 is 0 Å². The first-order valence-corrected chi connectivity index (χ1v) is 7.71. The largest absolute Gasteiger partial charge is 0.296 e. The van der Waals surface area contributed by atoms with Crippen molar-refractivity contribution in [3.05, 3.63) is 27.4 Å². The third kappa shape index (κ3) is 5.35. The molecule has 19 heavy (non-hydrogen) atoms. The summed E-state index contributed by atoms with van der Waals surface area (Å²) < 4.78 is 1.77. The Hall–Kier alpha value is -0.830. The first-order chi connectivity index (χ1) is 9.06. The van der Waals surface area contributed by atoms with E-state index in [2.05, 4.69) is 11.9 Å². The first-order valence-electron chi connectivity index (χ1n) is 7.33. The number of nitrogens with zero attached hydrogens (tertiary/aromatic N) is 2. The fraction of sp³-hybridized carbons (Fsp3) is 0.733. The molecule has 0 bridgehead atoms. The molecule has 0 aromatic carbocycles. The van der Waals surface area contributed by atoms with E-state index in [-0.39, 0.29) is 11.5 Å². The molecule has 0 aliphatic carbocycles. The van der Waals surface area contributed by atoms with Gasteiger partial charge in [-0.15, -0.1) is 0 Å². The summed E-state index contributed by atoms with van der Waals surface area (Å²) in [7, 11) is 0. The Bertz CT molecular complexity index is 440. The van der Waals surface area contributed by atoms with Gasteiger partial charge in [0.1, 0.15) is 11.0 Å². The summed E-state index contributed by atoms with van der Waals surface area (Å²) in [5, 5.41) is 0.299. The fourth-order valence-electron chi connectivity index (χ4n) is 2.21. The highest BCUT2D eigenvalue weighted by molar-refractivity contribution is 6.29. The molecule has 0 saturated carbocycles. The minimum atomic E-state index is -0.0303. The second-order valence-electron chi connectivity index (χ2n) is 5.35. The molecule has 0 N–H and O–H groups in total. The SMILES string of the molecule is CCCCCCCCn1c(C(C)C)nc(Cl)cc1=O. The second kappa shape index (κ2) is 8.36. The molecule has 0 aliphatic rings. The highest BCUT2D eigenvalue weighted by Gasteiger charge is 2.10. The van der Waals surface area contributed by atoms with Gasteiger partial charge in [0.2, 0.25) is 0 Å². The number of halogens is 1. The molecule has 4 heteroatoms. The van der Waals surface area contributed by atoms with Crippen LogP contribution >= 0.6 is 11.6 Å². The number of unbranched alkanes of at least 4 members (excludes halogenated alkanes) is 5. The lowest BCUT2D eigenvalue weighted by Crippen LogP contribution is -2.25. The molecule has 0 spiro atoms. The Kier molecular flexibility index (Phi) is 7.14. The number of aromatic nitrogens is 2. The van der Waals surface area contributed by atoms with Crippen molar-refractivity contribution in [1.82, 2.24) is 9.55 Å². The van der Waals surface area contributed by atoms with E-state index in [9.17, 15) is 4.79 Å². The van der Waals surface area contributed by atoms with Crippen molar-refractivity contribution in [2.45, 2.75) is 71.8 Å². The van der Waals surface area contributed by atoms with Crippen LogP contribution in [0.1, 0.15) is 71.0 Å². The van der Waals surface area contributed by atoms with Crippen LogP contribution in [0, 0.1) is 0 Å². The predicted octanol–water partition coefficient (Wildman–Crippen LogP) is 4.38. The molecule has 1 rings (SSSR count). The van der Waals surface area contributed by atoms with Crippen molar-refractivity contribution in [3.63, 3.8) is 0 Å². The van der Waals surface area contributed by atoms with Crippen LogP contribution in [-0.4, -0.2) is 9.55 Å². The molecule has 1 aromatic heterocycles. The van der Waals surface area contributed by atoms with Crippen LogP contribution in [0.2, 0.25) is 5.15 Å². The average Bonchev–Trinajstić information content (AvgIpc) is 2.34. The van der Waals surface area contributed by atoms with Crippen LogP contribution in [-0.2, 0) is 6.54 Å². The highest BCUT2D eigenvalue weighted by Crippen LogP contribution is 2.14. The first kappa shape index (κ1) is 16.2. The summed E-state index contributed by atoms with van der Waals surface area (Å²) in [5.74, 6) is 1.01. The van der Waals surface area contributed by atoms with Gasteiger partial charge in [-0.05, 0) is 6.42 Å². The third-order valence-corrected chi connectivity index (χ3v) is 3.45. The quantitative estimate of drug-likeness (QED) is 0.524. The van der Waals surface area contributed by atoms with Crippen molar-refractivity contribution in [2.24, 2.45) is 0 Å². The van der Waals surface area contributed by atoms with Crippen LogP contribution in [0.25, 0.3) is 0 Å². The van der Waals surface area contributed by atoms with Gasteiger partial charge in [0, 0.05) is 18.5 Å². The molecule has 0 radical (unpaired) electrons. The van der Waals surface area contributed by atoms with E-state index in [1.54, 1.807) is 4.57 Å². The molecular formula is C15H25ClN2O. The lowest BCUT2D eigenvalue weighted by atomic mass is 10.1. The molecule has 0 atom stereocenters. The summed E-state index contributed by atoms with van der Waals surface area (Å²) in [6.45, 7) is 7.04. The molecule has 0 saturated heterocycles. The molecule has 0 amide bonds. The zero-order valence-corrected chi connectivity index (χ0v) is 13.0. The maximum absolute atomic E-state index is 12.0. The highest BCUT2D eigenvalue weighted by atomic mass is 35.5. The monoisotopic (exact) mass is 284 g/mol. The zero-order chi connectivity index (χ0) is 14.3. The van der Waals surface area contributed by atoms with E-state index >= 15 is 0 Å². The van der Waals surface area contributed by atoms with E-state index in [1.165, 1.54) is 38.2 Å². The Labute approximate surface area is 121 Å². The van der Waals surface area contributed by atoms with Gasteiger partial charge in [0.15, 0.2) is 0 Å². The van der Waals surface area contributed by atoms with Gasteiger partial charge >= 0.3 is 0 Å². The Morgan fingerprint density at radius 1 is 1.21 bits per heavy atom. The minimum Gasteiger partial charge on any atom is -0.296 e. The number of hydrogen-bond donors (Lipinski definition) is 0. The van der Waals surface area contributed by atoms with Gasteiger partial charge in [0.25, 0.3) is 5.56 Å². The Morgan fingerprint density at radius 2 is 1.84 bits per heavy atom. The third-order valence-electron chi connectivity index (χ3n) is 3.26. The van der Waals surface area contributed by atoms with Gasteiger partial charge in [-0.3, -0.25) is 9.36 Å². The molecule has 1 heterocycles. The predicted molar refractivity (Wildman–Crippen MR) is 81.0 cm³/mol.